The fourth-order valence-corrected chi connectivity index (χ4v) is 8.52. The Balaban J connectivity index is 1.22. The van der Waals surface area contributed by atoms with Gasteiger partial charge in [-0.1, -0.05) is 37.8 Å². The van der Waals surface area contributed by atoms with Crippen molar-refractivity contribution in [2.24, 2.45) is 17.8 Å². The number of benzene rings is 1. The smallest absolute Gasteiger partial charge is 0.300 e. The van der Waals surface area contributed by atoms with Gasteiger partial charge in [-0.05, 0) is 74.8 Å². The zero-order valence-electron chi connectivity index (χ0n) is 21.9. The van der Waals surface area contributed by atoms with E-state index in [0.29, 0.717) is 17.6 Å². The summed E-state index contributed by atoms with van der Waals surface area (Å²) in [5.41, 5.74) is 0.0911. The zero-order valence-corrected chi connectivity index (χ0v) is 21.9. The van der Waals surface area contributed by atoms with Crippen LogP contribution in [0.5, 0.6) is 0 Å². The molecule has 2 aromatic heterocycles. The summed E-state index contributed by atoms with van der Waals surface area (Å²) in [6.07, 6.45) is 15.5. The highest BCUT2D eigenvalue weighted by Crippen LogP contribution is 2.45. The molecule has 4 aliphatic rings. The highest BCUT2D eigenvalue weighted by Gasteiger charge is 2.42. The van der Waals surface area contributed by atoms with Crippen LogP contribution in [0.1, 0.15) is 76.7 Å². The predicted molar refractivity (Wildman–Crippen MR) is 147 cm³/mol. The maximum Gasteiger partial charge on any atom is 0.334 e. The van der Waals surface area contributed by atoms with E-state index in [4.69, 9.17) is 0 Å². The van der Waals surface area contributed by atoms with Gasteiger partial charge in [0.1, 0.15) is 0 Å². The molecule has 0 spiro atoms. The average molecular weight is 516 g/mol. The number of para-hydroxylation sites is 2. The highest BCUT2D eigenvalue weighted by atomic mass is 16.2. The molecule has 7 rings (SSSR count). The first-order chi connectivity index (χ1) is 18.5. The van der Waals surface area contributed by atoms with Crippen LogP contribution in [0.2, 0.25) is 0 Å². The Morgan fingerprint density at radius 2 is 1.53 bits per heavy atom. The van der Waals surface area contributed by atoms with Crippen LogP contribution in [-0.2, 0) is 0 Å². The van der Waals surface area contributed by atoms with Crippen LogP contribution in [0.4, 0.5) is 0 Å². The summed E-state index contributed by atoms with van der Waals surface area (Å²) < 4.78 is 3.07. The number of piperidine rings is 2. The lowest BCUT2D eigenvalue weighted by molar-refractivity contribution is -0.00939. The largest absolute Gasteiger partial charge is 0.334 e. The third-order valence-electron chi connectivity index (χ3n) is 9.99. The molecule has 200 valence electrons. The fraction of sp³-hybridized carbons (Fsp3) is 0.600. The van der Waals surface area contributed by atoms with E-state index in [1.807, 2.05) is 28.8 Å². The normalized spacial score (nSPS) is 31.4. The molecule has 1 aromatic carbocycles. The molecule has 8 heteroatoms. The van der Waals surface area contributed by atoms with Gasteiger partial charge in [-0.25, -0.2) is 14.3 Å². The molecule has 4 fully saturated rings. The van der Waals surface area contributed by atoms with Crippen molar-refractivity contribution in [1.29, 1.82) is 0 Å². The van der Waals surface area contributed by atoms with Crippen LogP contribution < -0.4 is 16.8 Å². The van der Waals surface area contributed by atoms with Crippen molar-refractivity contribution >= 4 is 11.0 Å². The van der Waals surface area contributed by atoms with Gasteiger partial charge in [0.25, 0.3) is 11.1 Å². The molecule has 3 aromatic rings. The van der Waals surface area contributed by atoms with Crippen LogP contribution in [-0.4, -0.2) is 42.6 Å². The van der Waals surface area contributed by atoms with E-state index in [1.54, 1.807) is 0 Å². The Bertz CT molecular complexity index is 1500. The summed E-state index contributed by atoms with van der Waals surface area (Å²) >= 11 is 0. The van der Waals surface area contributed by atoms with Crippen LogP contribution >= 0.6 is 0 Å². The van der Waals surface area contributed by atoms with Crippen molar-refractivity contribution in [3.05, 3.63) is 67.7 Å². The minimum absolute atomic E-state index is 0.0475. The average Bonchev–Trinajstić information content (AvgIpc) is 2.88. The molecule has 2 aliphatic carbocycles. The summed E-state index contributed by atoms with van der Waals surface area (Å²) in [6, 6.07) is 10.0. The summed E-state index contributed by atoms with van der Waals surface area (Å²) in [5.74, 6) is 2.76. The van der Waals surface area contributed by atoms with E-state index in [-0.39, 0.29) is 17.4 Å². The van der Waals surface area contributed by atoms with Gasteiger partial charge in [0.2, 0.25) is 5.82 Å². The van der Waals surface area contributed by atoms with Crippen LogP contribution in [0, 0.1) is 17.8 Å². The number of hydrogen-bond acceptors (Lipinski definition) is 5. The first-order valence-corrected chi connectivity index (χ1v) is 14.6. The second-order valence-corrected chi connectivity index (χ2v) is 12.4. The lowest BCUT2D eigenvalue weighted by Crippen LogP contribution is -2.55. The van der Waals surface area contributed by atoms with Gasteiger partial charge in [-0.15, -0.1) is 0 Å². The fourth-order valence-electron chi connectivity index (χ4n) is 8.52. The van der Waals surface area contributed by atoms with Crippen molar-refractivity contribution in [2.75, 3.05) is 6.54 Å². The molecule has 0 radical (unpaired) electrons. The number of aromatic amines is 1. The predicted octanol–water partition coefficient (Wildman–Crippen LogP) is 4.01. The van der Waals surface area contributed by atoms with Gasteiger partial charge in [0, 0.05) is 36.9 Å². The minimum atomic E-state index is -0.645. The lowest BCUT2D eigenvalue weighted by Gasteiger charge is -2.51. The van der Waals surface area contributed by atoms with E-state index in [0.717, 1.165) is 36.1 Å². The summed E-state index contributed by atoms with van der Waals surface area (Å²) in [7, 11) is 0. The Morgan fingerprint density at radius 3 is 2.26 bits per heavy atom. The van der Waals surface area contributed by atoms with Gasteiger partial charge >= 0.3 is 5.69 Å². The van der Waals surface area contributed by atoms with Crippen molar-refractivity contribution in [3.63, 3.8) is 0 Å². The monoisotopic (exact) mass is 515 g/mol. The Kier molecular flexibility index (Phi) is 6.10. The number of H-pyrrole nitrogens is 1. The second-order valence-electron chi connectivity index (χ2n) is 12.4. The minimum Gasteiger partial charge on any atom is -0.300 e. The Hall–Kier alpha value is -3.00. The number of nitrogens with one attached hydrogen (secondary N) is 1. The molecule has 6 atom stereocenters. The van der Waals surface area contributed by atoms with E-state index in [9.17, 15) is 14.4 Å². The third-order valence-corrected chi connectivity index (χ3v) is 9.99. The number of fused-ring (bicyclic) bond motifs is 5. The van der Waals surface area contributed by atoms with Crippen molar-refractivity contribution in [3.8, 4) is 5.82 Å². The molecule has 2 unspecified atom stereocenters. The van der Waals surface area contributed by atoms with Crippen LogP contribution in [0.3, 0.4) is 0 Å². The molecular weight excluding hydrogens is 478 g/mol. The van der Waals surface area contributed by atoms with Gasteiger partial charge < -0.3 is 4.57 Å². The summed E-state index contributed by atoms with van der Waals surface area (Å²) in [4.78, 5) is 47.9. The van der Waals surface area contributed by atoms with Crippen molar-refractivity contribution in [1.82, 2.24) is 24.0 Å². The lowest BCUT2D eigenvalue weighted by atomic mass is 9.67. The molecule has 0 amide bonds. The van der Waals surface area contributed by atoms with Gasteiger partial charge in [-0.2, -0.15) is 0 Å². The number of aromatic nitrogens is 4. The van der Waals surface area contributed by atoms with Gasteiger partial charge in [0.05, 0.1) is 11.0 Å². The van der Waals surface area contributed by atoms with Crippen molar-refractivity contribution < 1.29 is 0 Å². The molecule has 2 saturated heterocycles. The molecule has 1 N–H and O–H groups in total. The molecule has 4 bridgehead atoms. The first kappa shape index (κ1) is 24.1. The van der Waals surface area contributed by atoms with Gasteiger partial charge in [0.15, 0.2) is 0 Å². The molecule has 4 heterocycles. The topological polar surface area (TPSA) is 93.0 Å². The number of rotatable bonds is 4. The summed E-state index contributed by atoms with van der Waals surface area (Å²) in [6.45, 7) is 1.22. The van der Waals surface area contributed by atoms with E-state index in [2.05, 4.69) is 14.9 Å². The van der Waals surface area contributed by atoms with Crippen molar-refractivity contribution in [2.45, 2.75) is 88.8 Å². The highest BCUT2D eigenvalue weighted by molar-refractivity contribution is 5.75. The number of nitrogens with zero attached hydrogens (tertiary/aromatic N) is 4. The first-order valence-electron chi connectivity index (χ1n) is 14.6. The SMILES string of the molecule is O=c1ccn(-c2nc3ccccc3n(C3C[C@H]4CCC[C@@H](C3)N4CC3C[C@H]4CCC[C@@H](C3)C4)c2=O)c(=O)[nH]1. The molecule has 2 saturated carbocycles. The number of hydrogen-bond donors (Lipinski definition) is 1. The maximum atomic E-state index is 14.0. The Labute approximate surface area is 221 Å². The van der Waals surface area contributed by atoms with Crippen LogP contribution in [0.15, 0.2) is 50.9 Å². The summed E-state index contributed by atoms with van der Waals surface area (Å²) in [5, 5.41) is 0. The standard InChI is InChI=1S/C30H37N5O3/c36-27-11-12-33(30(38)32-27)28-29(37)35(26-10-2-1-9-25(26)31-28)24-16-22-7-4-8-23(17-24)34(22)18-21-14-19-5-3-6-20(13-19)15-21/h1-2,9-12,19-24H,3-8,13-18H2,(H,32,36,38)/t19-,20+,21?,22-,23+,24?. The zero-order chi connectivity index (χ0) is 25.8. The van der Waals surface area contributed by atoms with E-state index in [1.165, 1.54) is 81.2 Å². The van der Waals surface area contributed by atoms with E-state index < -0.39 is 11.2 Å². The second kappa shape index (κ2) is 9.63. The third kappa shape index (κ3) is 4.27. The molecule has 8 nitrogen and oxygen atoms in total. The molecule has 38 heavy (non-hydrogen) atoms. The Morgan fingerprint density at radius 1 is 0.816 bits per heavy atom. The maximum absolute atomic E-state index is 14.0. The molecule has 2 aliphatic heterocycles. The quantitative estimate of drug-likeness (QED) is 0.567. The van der Waals surface area contributed by atoms with E-state index >= 15 is 0 Å². The van der Waals surface area contributed by atoms with Crippen LogP contribution in [0.25, 0.3) is 16.9 Å². The van der Waals surface area contributed by atoms with Gasteiger partial charge in [-0.3, -0.25) is 19.5 Å². The molecular formula is C30H37N5O3.